The van der Waals surface area contributed by atoms with Gasteiger partial charge >= 0.3 is 204 Å². The first-order chi connectivity index (χ1) is 17.6. The summed E-state index contributed by atoms with van der Waals surface area (Å²) >= 11 is 5.28. The van der Waals surface area contributed by atoms with Gasteiger partial charge in [-0.15, -0.1) is 0 Å². The van der Waals surface area contributed by atoms with Gasteiger partial charge in [-0.1, -0.05) is 5.16 Å². The zero-order valence-corrected chi connectivity index (χ0v) is 23.0. The molecule has 5 nitrogen and oxygen atoms in total. The summed E-state index contributed by atoms with van der Waals surface area (Å²) in [5, 5.41) is 24.1. The van der Waals surface area contributed by atoms with E-state index >= 15 is 0 Å². The first-order valence-electron chi connectivity index (χ1n) is 12.5. The Labute approximate surface area is 221 Å². The summed E-state index contributed by atoms with van der Waals surface area (Å²) in [4.78, 5) is 0. The molecule has 0 saturated carbocycles. The van der Waals surface area contributed by atoms with Gasteiger partial charge in [0.1, 0.15) is 0 Å². The van der Waals surface area contributed by atoms with E-state index in [1.165, 1.54) is 34.9 Å². The number of benzene rings is 3. The monoisotopic (exact) mass is 520 g/mol. The van der Waals surface area contributed by atoms with Crippen LogP contribution in [0.1, 0.15) is 39.5 Å². The van der Waals surface area contributed by atoms with Crippen molar-refractivity contribution in [3.8, 4) is 0 Å². The molecule has 0 fully saturated rings. The van der Waals surface area contributed by atoms with E-state index in [2.05, 4.69) is 112 Å². The Bertz CT molecular complexity index is 1040. The fourth-order valence-corrected chi connectivity index (χ4v) is 9.58. The number of rotatable bonds is 12. The van der Waals surface area contributed by atoms with Gasteiger partial charge in [0, 0.05) is 0 Å². The number of oxime groups is 1. The van der Waals surface area contributed by atoms with E-state index in [4.69, 9.17) is 17.4 Å². The van der Waals surface area contributed by atoms with Gasteiger partial charge in [-0.2, -0.15) is 0 Å². The molecule has 0 aromatic heterocycles. The van der Waals surface area contributed by atoms with Crippen LogP contribution in [0.2, 0.25) is 0 Å². The predicted molar refractivity (Wildman–Crippen MR) is 162 cm³/mol. The first kappa shape index (κ1) is 27.5. The molecule has 3 rings (SSSR count). The summed E-state index contributed by atoms with van der Waals surface area (Å²) < 4.78 is 0. The van der Waals surface area contributed by atoms with Crippen molar-refractivity contribution in [3.63, 3.8) is 0 Å². The molecule has 3 aromatic rings. The van der Waals surface area contributed by atoms with Crippen LogP contribution in [0, 0.1) is 0 Å². The van der Waals surface area contributed by atoms with E-state index < -0.39 is 7.26 Å². The van der Waals surface area contributed by atoms with E-state index in [1.807, 2.05) is 0 Å². The van der Waals surface area contributed by atoms with E-state index in [0.29, 0.717) is 16.5 Å². The third-order valence-corrected chi connectivity index (χ3v) is 11.9. The normalized spacial score (nSPS) is 12.7. The van der Waals surface area contributed by atoms with Crippen LogP contribution >= 0.6 is 19.5 Å². The fourth-order valence-electron chi connectivity index (χ4n) is 4.50. The number of nitrogens with zero attached hydrogens (tertiary/aromatic N) is 2. The SMILES string of the molecule is CC(=N/O)/C(C)=N\NC(=S)NCCCCCC[PH](c1ccccc1)(c1ccccc1)c1ccccc1. The topological polar surface area (TPSA) is 69.0 Å². The number of thiocarbonyl (C=S) groups is 1. The Morgan fingerprint density at radius 1 is 0.722 bits per heavy atom. The molecule has 3 N–H and O–H groups in total. The van der Waals surface area contributed by atoms with E-state index in [9.17, 15) is 0 Å². The molecule has 0 radical (unpaired) electrons. The molecule has 3 aromatic carbocycles. The maximum atomic E-state index is 8.79. The summed E-state index contributed by atoms with van der Waals surface area (Å²) in [7, 11) is -2.13. The molecule has 7 heteroatoms. The Kier molecular flexibility index (Phi) is 11.1. The van der Waals surface area contributed by atoms with Crippen LogP contribution in [0.3, 0.4) is 0 Å². The van der Waals surface area contributed by atoms with Crippen molar-refractivity contribution in [1.82, 2.24) is 10.7 Å². The molecule has 36 heavy (non-hydrogen) atoms. The Morgan fingerprint density at radius 2 is 1.19 bits per heavy atom. The number of nitrogens with one attached hydrogen (secondary N) is 2. The summed E-state index contributed by atoms with van der Waals surface area (Å²) in [6, 6.07) is 33.3. The van der Waals surface area contributed by atoms with Crippen LogP contribution in [0.5, 0.6) is 0 Å². The van der Waals surface area contributed by atoms with Gasteiger partial charge in [-0.3, -0.25) is 0 Å². The molecule has 0 heterocycles. The van der Waals surface area contributed by atoms with Crippen molar-refractivity contribution in [3.05, 3.63) is 91.0 Å². The van der Waals surface area contributed by atoms with E-state index in [0.717, 1.165) is 19.4 Å². The summed E-state index contributed by atoms with van der Waals surface area (Å²) in [6.45, 7) is 4.24. The van der Waals surface area contributed by atoms with E-state index in [1.54, 1.807) is 13.8 Å². The summed E-state index contributed by atoms with van der Waals surface area (Å²) in [5.41, 5.74) is 3.83. The molecule has 0 aliphatic carbocycles. The molecule has 0 saturated heterocycles. The molecule has 190 valence electrons. The minimum atomic E-state index is -2.13. The van der Waals surface area contributed by atoms with Crippen LogP contribution < -0.4 is 26.7 Å². The molecule has 0 unspecified atom stereocenters. The third-order valence-electron chi connectivity index (χ3n) is 6.56. The predicted octanol–water partition coefficient (Wildman–Crippen LogP) is 4.96. The van der Waals surface area contributed by atoms with Gasteiger partial charge in [0.05, 0.1) is 0 Å². The first-order valence-corrected chi connectivity index (χ1v) is 15.1. The molecule has 0 aliphatic heterocycles. The van der Waals surface area contributed by atoms with Crippen molar-refractivity contribution < 1.29 is 5.21 Å². The van der Waals surface area contributed by atoms with Crippen molar-refractivity contribution >= 4 is 51.9 Å². The minimum absolute atomic E-state index is 0.450. The zero-order chi connectivity index (χ0) is 25.6. The molecule has 0 bridgehead atoms. The average Bonchev–Trinajstić information content (AvgIpc) is 2.94. The quantitative estimate of drug-likeness (QED) is 0.0788. The second-order valence-corrected chi connectivity index (χ2v) is 13.4. The van der Waals surface area contributed by atoms with Gasteiger partial charge in [-0.05, 0) is 6.92 Å². The Morgan fingerprint density at radius 3 is 1.67 bits per heavy atom. The summed E-state index contributed by atoms with van der Waals surface area (Å²) in [6.07, 6.45) is 5.71. The number of unbranched alkanes of at least 4 members (excludes halogenated alkanes) is 3. The molecule has 0 amide bonds. The zero-order valence-electron chi connectivity index (χ0n) is 21.2. The maximum absolute atomic E-state index is 8.79. The van der Waals surface area contributed by atoms with Gasteiger partial charge in [0.25, 0.3) is 0 Å². The number of hydrazone groups is 1. The molecule has 0 spiro atoms. The fraction of sp³-hybridized carbons (Fsp3) is 0.276. The average molecular weight is 521 g/mol. The second-order valence-electron chi connectivity index (χ2n) is 8.92. The van der Waals surface area contributed by atoms with Crippen LogP contribution in [0.25, 0.3) is 0 Å². The Hall–Kier alpha value is -3.08. The van der Waals surface area contributed by atoms with Crippen LogP contribution in [-0.4, -0.2) is 34.4 Å². The number of hydrogen-bond acceptors (Lipinski definition) is 4. The molecular weight excluding hydrogens is 483 g/mol. The van der Waals surface area contributed by atoms with Crippen molar-refractivity contribution in [2.75, 3.05) is 12.7 Å². The van der Waals surface area contributed by atoms with Gasteiger partial charge in [0.15, 0.2) is 0 Å². The van der Waals surface area contributed by atoms with Gasteiger partial charge < -0.3 is 5.21 Å². The number of hydrogen-bond donors (Lipinski definition) is 3. The second kappa shape index (κ2) is 14.5. The van der Waals surface area contributed by atoms with Crippen molar-refractivity contribution in [1.29, 1.82) is 0 Å². The third kappa shape index (κ3) is 7.46. The summed E-state index contributed by atoms with van der Waals surface area (Å²) in [5.74, 6) is 0. The Balaban J connectivity index is 1.60. The molecule has 0 atom stereocenters. The van der Waals surface area contributed by atoms with Gasteiger partial charge in [-0.25, -0.2) is 0 Å². The van der Waals surface area contributed by atoms with Crippen molar-refractivity contribution in [2.24, 2.45) is 10.3 Å². The standard InChI is InChI=1S/C29H37N4OPS/c1-24(25(2)33-34)31-32-29(36)30-22-14-3-4-15-23-35(26-16-8-5-9-17-26,27-18-10-6-11-19-27)28-20-12-7-13-21-28/h5-13,16-21,34-35H,3-4,14-15,22-23H2,1-2H3,(H2,30,32,36)/b31-24-,33-25-. The van der Waals surface area contributed by atoms with Crippen LogP contribution in [0.4, 0.5) is 0 Å². The molecular formula is C29H37N4OPS. The van der Waals surface area contributed by atoms with Crippen LogP contribution in [-0.2, 0) is 0 Å². The van der Waals surface area contributed by atoms with Crippen LogP contribution in [0.15, 0.2) is 101 Å². The molecule has 0 aliphatic rings. The van der Waals surface area contributed by atoms with Crippen molar-refractivity contribution in [2.45, 2.75) is 39.5 Å². The van der Waals surface area contributed by atoms with E-state index in [-0.39, 0.29) is 0 Å². The van der Waals surface area contributed by atoms with Gasteiger partial charge in [0.2, 0.25) is 0 Å².